The van der Waals surface area contributed by atoms with Crippen LogP contribution in [0.4, 0.5) is 8.78 Å². The minimum absolute atomic E-state index is 0.0267. The van der Waals surface area contributed by atoms with E-state index >= 15 is 0 Å². The number of carbonyl (C=O) groups excluding carboxylic acids is 1. The smallest absolute Gasteiger partial charge is 0.165 e. The largest absolute Gasteiger partial charge is 0.490 e. The van der Waals surface area contributed by atoms with Gasteiger partial charge in [-0.3, -0.25) is 4.79 Å². The van der Waals surface area contributed by atoms with Crippen LogP contribution in [-0.2, 0) is 4.79 Å². The number of carbonyl (C=O) groups is 1. The van der Waals surface area contributed by atoms with Crippen LogP contribution in [0.15, 0.2) is 66.7 Å². The van der Waals surface area contributed by atoms with Gasteiger partial charge in [-0.25, -0.2) is 8.78 Å². The maximum absolute atomic E-state index is 14.5. The molecule has 3 aromatic rings. The SMILES string of the molecule is CC(=O)C1CC1COc1ccc(-c2cc(Oc3ccccc3)ccc2F)cc1F. The molecular weight excluding hydrogens is 374 g/mol. The summed E-state index contributed by atoms with van der Waals surface area (Å²) in [5.41, 5.74) is 0.626. The van der Waals surface area contributed by atoms with Crippen molar-refractivity contribution in [2.45, 2.75) is 13.3 Å². The van der Waals surface area contributed by atoms with Gasteiger partial charge >= 0.3 is 0 Å². The molecule has 0 heterocycles. The fourth-order valence-electron chi connectivity index (χ4n) is 3.33. The molecule has 0 radical (unpaired) electrons. The van der Waals surface area contributed by atoms with Gasteiger partial charge in [-0.2, -0.15) is 0 Å². The van der Waals surface area contributed by atoms with E-state index in [0.29, 0.717) is 23.7 Å². The number of hydrogen-bond donors (Lipinski definition) is 0. The second kappa shape index (κ2) is 8.03. The second-order valence-corrected chi connectivity index (χ2v) is 7.23. The second-order valence-electron chi connectivity index (χ2n) is 7.23. The van der Waals surface area contributed by atoms with Gasteiger partial charge in [-0.1, -0.05) is 24.3 Å². The van der Waals surface area contributed by atoms with Gasteiger partial charge < -0.3 is 9.47 Å². The van der Waals surface area contributed by atoms with E-state index in [1.807, 2.05) is 18.2 Å². The van der Waals surface area contributed by atoms with E-state index in [1.54, 1.807) is 31.2 Å². The number of benzene rings is 3. The molecule has 1 fully saturated rings. The average Bonchev–Trinajstić information content (AvgIpc) is 3.49. The Morgan fingerprint density at radius 3 is 2.45 bits per heavy atom. The Morgan fingerprint density at radius 2 is 1.76 bits per heavy atom. The standard InChI is InChI=1S/C24H20F2O3/c1-15(27)20-11-17(20)14-28-24-10-7-16(12-23(24)26)21-13-19(8-9-22(21)25)29-18-5-3-2-4-6-18/h2-10,12-13,17,20H,11,14H2,1H3. The van der Waals surface area contributed by atoms with Crippen molar-refractivity contribution in [1.82, 2.24) is 0 Å². The molecule has 0 N–H and O–H groups in total. The van der Waals surface area contributed by atoms with Crippen LogP contribution in [0.1, 0.15) is 13.3 Å². The van der Waals surface area contributed by atoms with Crippen LogP contribution >= 0.6 is 0 Å². The molecule has 148 valence electrons. The van der Waals surface area contributed by atoms with E-state index in [0.717, 1.165) is 6.42 Å². The molecule has 2 unspecified atom stereocenters. The predicted octanol–water partition coefficient (Wildman–Crippen LogP) is 6.03. The summed E-state index contributed by atoms with van der Waals surface area (Å²) in [7, 11) is 0. The van der Waals surface area contributed by atoms with E-state index in [-0.39, 0.29) is 28.9 Å². The lowest BCUT2D eigenvalue weighted by molar-refractivity contribution is -0.118. The number of hydrogen-bond acceptors (Lipinski definition) is 3. The Kier molecular flexibility index (Phi) is 5.30. The predicted molar refractivity (Wildman–Crippen MR) is 106 cm³/mol. The van der Waals surface area contributed by atoms with Gasteiger partial charge in [0.2, 0.25) is 0 Å². The Morgan fingerprint density at radius 1 is 0.966 bits per heavy atom. The molecule has 1 saturated carbocycles. The van der Waals surface area contributed by atoms with Gasteiger partial charge in [0.05, 0.1) is 6.61 Å². The molecule has 0 aliphatic heterocycles. The zero-order valence-electron chi connectivity index (χ0n) is 15.9. The number of Topliss-reactive ketones (excluding diaryl/α,β-unsaturated/α-hetero) is 1. The van der Waals surface area contributed by atoms with Crippen LogP contribution in [0.2, 0.25) is 0 Å². The Labute approximate surface area is 167 Å². The fourth-order valence-corrected chi connectivity index (χ4v) is 3.33. The molecular formula is C24H20F2O3. The molecule has 3 aromatic carbocycles. The normalized spacial score (nSPS) is 17.6. The third-order valence-electron chi connectivity index (χ3n) is 5.06. The topological polar surface area (TPSA) is 35.5 Å². The van der Waals surface area contributed by atoms with E-state index in [1.165, 1.54) is 24.3 Å². The zero-order valence-corrected chi connectivity index (χ0v) is 15.9. The molecule has 3 nitrogen and oxygen atoms in total. The Balaban J connectivity index is 1.50. The molecule has 0 bridgehead atoms. The maximum atomic E-state index is 14.5. The summed E-state index contributed by atoms with van der Waals surface area (Å²) in [6.45, 7) is 1.86. The van der Waals surface area contributed by atoms with Crippen LogP contribution in [0.3, 0.4) is 0 Å². The third-order valence-corrected chi connectivity index (χ3v) is 5.06. The number of ketones is 1. The summed E-state index contributed by atoms with van der Waals surface area (Å²) in [5.74, 6) is 0.454. The molecule has 1 aliphatic carbocycles. The highest BCUT2D eigenvalue weighted by Gasteiger charge is 2.41. The summed E-state index contributed by atoms with van der Waals surface area (Å²) < 4.78 is 40.1. The van der Waals surface area contributed by atoms with Crippen molar-refractivity contribution >= 4 is 5.78 Å². The highest BCUT2D eigenvalue weighted by Crippen LogP contribution is 2.40. The first kappa shape index (κ1) is 19.1. The van der Waals surface area contributed by atoms with Gasteiger partial charge in [-0.05, 0) is 61.4 Å². The zero-order chi connectivity index (χ0) is 20.4. The van der Waals surface area contributed by atoms with E-state index in [4.69, 9.17) is 9.47 Å². The van der Waals surface area contributed by atoms with Gasteiger partial charge in [-0.15, -0.1) is 0 Å². The first-order valence-corrected chi connectivity index (χ1v) is 9.47. The summed E-state index contributed by atoms with van der Waals surface area (Å²) in [6, 6.07) is 17.9. The quantitative estimate of drug-likeness (QED) is 0.491. The lowest BCUT2D eigenvalue weighted by Gasteiger charge is -2.11. The van der Waals surface area contributed by atoms with Crippen molar-refractivity contribution in [2.24, 2.45) is 11.8 Å². The van der Waals surface area contributed by atoms with Crippen molar-refractivity contribution in [3.8, 4) is 28.4 Å². The lowest BCUT2D eigenvalue weighted by atomic mass is 10.0. The fraction of sp³-hybridized carbons (Fsp3) is 0.208. The molecule has 0 spiro atoms. The third kappa shape index (κ3) is 4.45. The average molecular weight is 394 g/mol. The molecule has 0 amide bonds. The molecule has 0 aromatic heterocycles. The monoisotopic (exact) mass is 394 g/mol. The highest BCUT2D eigenvalue weighted by molar-refractivity contribution is 5.81. The van der Waals surface area contributed by atoms with Gasteiger partial charge in [0.25, 0.3) is 0 Å². The van der Waals surface area contributed by atoms with Crippen molar-refractivity contribution in [3.05, 3.63) is 78.4 Å². The molecule has 4 rings (SSSR count). The molecule has 1 aliphatic rings. The number of halogens is 2. The maximum Gasteiger partial charge on any atom is 0.165 e. The van der Waals surface area contributed by atoms with Gasteiger partial charge in [0.15, 0.2) is 11.6 Å². The first-order valence-electron chi connectivity index (χ1n) is 9.47. The first-order chi connectivity index (χ1) is 14.0. The summed E-state index contributed by atoms with van der Waals surface area (Å²) in [5, 5.41) is 0. The molecule has 5 heteroatoms. The van der Waals surface area contributed by atoms with E-state index in [2.05, 4.69) is 0 Å². The molecule has 2 atom stereocenters. The van der Waals surface area contributed by atoms with Crippen LogP contribution in [-0.4, -0.2) is 12.4 Å². The minimum atomic E-state index is -0.573. The number of rotatable bonds is 7. The van der Waals surface area contributed by atoms with Crippen molar-refractivity contribution in [1.29, 1.82) is 0 Å². The van der Waals surface area contributed by atoms with Gasteiger partial charge in [0, 0.05) is 17.4 Å². The Hall–Kier alpha value is -3.21. The number of para-hydroxylation sites is 1. The van der Waals surface area contributed by atoms with Crippen molar-refractivity contribution in [3.63, 3.8) is 0 Å². The van der Waals surface area contributed by atoms with Crippen molar-refractivity contribution in [2.75, 3.05) is 6.61 Å². The lowest BCUT2D eigenvalue weighted by Crippen LogP contribution is -2.05. The van der Waals surface area contributed by atoms with E-state index in [9.17, 15) is 13.6 Å². The van der Waals surface area contributed by atoms with Crippen LogP contribution in [0.5, 0.6) is 17.2 Å². The van der Waals surface area contributed by atoms with Crippen LogP contribution in [0, 0.1) is 23.5 Å². The van der Waals surface area contributed by atoms with Crippen LogP contribution < -0.4 is 9.47 Å². The highest BCUT2D eigenvalue weighted by atomic mass is 19.1. The van der Waals surface area contributed by atoms with Gasteiger partial charge in [0.1, 0.15) is 23.1 Å². The summed E-state index contributed by atoms with van der Waals surface area (Å²) >= 11 is 0. The Bertz CT molecular complexity index is 1030. The van der Waals surface area contributed by atoms with E-state index < -0.39 is 11.6 Å². The molecule has 0 saturated heterocycles. The summed E-state index contributed by atoms with van der Waals surface area (Å²) in [6.07, 6.45) is 0.786. The molecule has 29 heavy (non-hydrogen) atoms. The van der Waals surface area contributed by atoms with Crippen molar-refractivity contribution < 1.29 is 23.0 Å². The summed E-state index contributed by atoms with van der Waals surface area (Å²) in [4.78, 5) is 11.3. The number of ether oxygens (including phenoxy) is 2. The van der Waals surface area contributed by atoms with Crippen LogP contribution in [0.25, 0.3) is 11.1 Å². The minimum Gasteiger partial charge on any atom is -0.490 e.